The Hall–Kier alpha value is -2.15. The monoisotopic (exact) mass is 306 g/mol. The second-order valence-electron chi connectivity index (χ2n) is 5.48. The Morgan fingerprint density at radius 2 is 1.91 bits per heavy atom. The van der Waals surface area contributed by atoms with Crippen LogP contribution in [0.5, 0.6) is 5.75 Å². The fourth-order valence-electron chi connectivity index (χ4n) is 2.49. The first-order valence-electron chi connectivity index (χ1n) is 7.20. The van der Waals surface area contributed by atoms with E-state index in [1.54, 1.807) is 20.1 Å². The summed E-state index contributed by atoms with van der Waals surface area (Å²) in [6, 6.07) is 3.43. The van der Waals surface area contributed by atoms with Gasteiger partial charge in [0.05, 0.1) is 12.7 Å². The maximum Gasteiger partial charge on any atom is 0.318 e. The summed E-state index contributed by atoms with van der Waals surface area (Å²) in [6.45, 7) is 5.29. The number of aryl methyl sites for hydroxylation is 1. The number of piperazine rings is 1. The van der Waals surface area contributed by atoms with Crippen LogP contribution in [0.2, 0.25) is 0 Å². The van der Waals surface area contributed by atoms with Gasteiger partial charge in [-0.1, -0.05) is 5.10 Å². The number of methoxy groups -OCH3 is 1. The second-order valence-corrected chi connectivity index (χ2v) is 5.48. The van der Waals surface area contributed by atoms with Crippen LogP contribution in [0.4, 0.5) is 10.4 Å². The molecule has 1 aliphatic rings. The second kappa shape index (κ2) is 5.92. The van der Waals surface area contributed by atoms with E-state index in [4.69, 9.17) is 9.15 Å². The summed E-state index contributed by atoms with van der Waals surface area (Å²) in [5, 5.41) is 8.02. The van der Waals surface area contributed by atoms with Crippen molar-refractivity contribution in [3.05, 3.63) is 23.5 Å². The first kappa shape index (κ1) is 14.8. The molecule has 118 valence electrons. The fourth-order valence-corrected chi connectivity index (χ4v) is 2.49. The Kier molecular flexibility index (Phi) is 3.98. The highest BCUT2D eigenvalue weighted by Gasteiger charge is 2.21. The molecule has 2 heterocycles. The number of hydrogen-bond donors (Lipinski definition) is 0. The van der Waals surface area contributed by atoms with Gasteiger partial charge in [0.15, 0.2) is 0 Å². The van der Waals surface area contributed by atoms with E-state index < -0.39 is 5.82 Å². The topological polar surface area (TPSA) is 54.6 Å². The number of rotatable bonds is 3. The first-order valence-corrected chi connectivity index (χ1v) is 7.20. The largest absolute Gasteiger partial charge is 0.496 e. The van der Waals surface area contributed by atoms with Crippen molar-refractivity contribution >= 4 is 6.01 Å². The Morgan fingerprint density at radius 1 is 1.18 bits per heavy atom. The average molecular weight is 306 g/mol. The predicted molar refractivity (Wildman–Crippen MR) is 80.7 cm³/mol. The molecule has 0 spiro atoms. The smallest absolute Gasteiger partial charge is 0.318 e. The van der Waals surface area contributed by atoms with Gasteiger partial charge >= 0.3 is 6.01 Å². The van der Waals surface area contributed by atoms with Crippen LogP contribution in [0.25, 0.3) is 11.5 Å². The highest BCUT2D eigenvalue weighted by atomic mass is 19.1. The van der Waals surface area contributed by atoms with E-state index in [0.29, 0.717) is 11.8 Å². The number of aromatic nitrogens is 2. The first-order chi connectivity index (χ1) is 10.6. The molecule has 1 aromatic carbocycles. The lowest BCUT2D eigenvalue weighted by atomic mass is 10.1. The molecule has 0 N–H and O–H groups in total. The van der Waals surface area contributed by atoms with Gasteiger partial charge in [0.25, 0.3) is 5.89 Å². The number of hydrogen-bond acceptors (Lipinski definition) is 6. The van der Waals surface area contributed by atoms with Crippen molar-refractivity contribution in [2.24, 2.45) is 0 Å². The summed E-state index contributed by atoms with van der Waals surface area (Å²) in [6.07, 6.45) is 0. The van der Waals surface area contributed by atoms with E-state index >= 15 is 0 Å². The minimum Gasteiger partial charge on any atom is -0.496 e. The van der Waals surface area contributed by atoms with Gasteiger partial charge in [-0.25, -0.2) is 4.39 Å². The van der Waals surface area contributed by atoms with Crippen LogP contribution in [-0.2, 0) is 0 Å². The molecule has 2 aromatic rings. The average Bonchev–Trinajstić information content (AvgIpc) is 2.98. The zero-order valence-electron chi connectivity index (χ0n) is 13.0. The quantitative estimate of drug-likeness (QED) is 0.864. The summed E-state index contributed by atoms with van der Waals surface area (Å²) in [5.41, 5.74) is 0.984. The third-order valence-electron chi connectivity index (χ3n) is 3.90. The number of benzene rings is 1. The van der Waals surface area contributed by atoms with Crippen LogP contribution in [0, 0.1) is 12.7 Å². The standard InChI is InChI=1S/C15H19FN4O2/c1-10-8-12(16)11(9-13(10)21-3)14-17-18-15(22-14)20-6-4-19(2)5-7-20/h8-9H,4-7H2,1-3H3. The number of nitrogens with zero attached hydrogens (tertiary/aromatic N) is 4. The molecule has 0 unspecified atom stereocenters. The summed E-state index contributed by atoms with van der Waals surface area (Å²) in [7, 11) is 3.62. The lowest BCUT2D eigenvalue weighted by Gasteiger charge is -2.30. The zero-order valence-corrected chi connectivity index (χ0v) is 13.0. The fraction of sp³-hybridized carbons (Fsp3) is 0.467. The highest BCUT2D eigenvalue weighted by Crippen LogP contribution is 2.30. The van der Waals surface area contributed by atoms with Gasteiger partial charge in [-0.15, -0.1) is 5.10 Å². The molecule has 0 atom stereocenters. The highest BCUT2D eigenvalue weighted by molar-refractivity contribution is 5.59. The Bertz CT molecular complexity index is 666. The molecule has 6 nitrogen and oxygen atoms in total. The third-order valence-corrected chi connectivity index (χ3v) is 3.90. The molecule has 0 saturated carbocycles. The number of ether oxygens (including phenoxy) is 1. The van der Waals surface area contributed by atoms with Crippen LogP contribution >= 0.6 is 0 Å². The van der Waals surface area contributed by atoms with Gasteiger partial charge in [0.1, 0.15) is 11.6 Å². The van der Waals surface area contributed by atoms with E-state index in [2.05, 4.69) is 22.1 Å². The number of anilines is 1. The summed E-state index contributed by atoms with van der Waals surface area (Å²) < 4.78 is 25.0. The normalized spacial score (nSPS) is 16.1. The van der Waals surface area contributed by atoms with E-state index in [-0.39, 0.29) is 11.5 Å². The lowest BCUT2D eigenvalue weighted by molar-refractivity contribution is 0.305. The molecule has 1 aliphatic heterocycles. The number of halogens is 1. The van der Waals surface area contributed by atoms with Crippen LogP contribution in [-0.4, -0.2) is 55.4 Å². The van der Waals surface area contributed by atoms with E-state index in [9.17, 15) is 4.39 Å². The third kappa shape index (κ3) is 2.76. The van der Waals surface area contributed by atoms with Gasteiger partial charge in [0, 0.05) is 26.2 Å². The van der Waals surface area contributed by atoms with Gasteiger partial charge in [-0.05, 0) is 31.7 Å². The summed E-state index contributed by atoms with van der Waals surface area (Å²) in [4.78, 5) is 4.25. The SMILES string of the molecule is COc1cc(-c2nnc(N3CCN(C)CC3)o2)c(F)cc1C. The summed E-state index contributed by atoms with van der Waals surface area (Å²) in [5.74, 6) is 0.368. The van der Waals surface area contributed by atoms with Crippen molar-refractivity contribution in [2.75, 3.05) is 45.2 Å². The van der Waals surface area contributed by atoms with Gasteiger partial charge in [0.2, 0.25) is 0 Å². The summed E-state index contributed by atoms with van der Waals surface area (Å²) >= 11 is 0. The number of likely N-dealkylation sites (N-methyl/N-ethyl adjacent to an activating group) is 1. The van der Waals surface area contributed by atoms with Crippen LogP contribution in [0.3, 0.4) is 0 Å². The molecular weight excluding hydrogens is 287 g/mol. The minimum atomic E-state index is -0.396. The molecule has 0 amide bonds. The Labute approximate surface area is 128 Å². The van der Waals surface area contributed by atoms with Crippen molar-refractivity contribution in [1.82, 2.24) is 15.1 Å². The maximum absolute atomic E-state index is 14.2. The minimum absolute atomic E-state index is 0.171. The van der Waals surface area contributed by atoms with Crippen molar-refractivity contribution in [3.8, 4) is 17.2 Å². The van der Waals surface area contributed by atoms with E-state index in [1.807, 2.05) is 4.90 Å². The molecule has 0 radical (unpaired) electrons. The van der Waals surface area contributed by atoms with Crippen molar-refractivity contribution in [1.29, 1.82) is 0 Å². The molecule has 22 heavy (non-hydrogen) atoms. The molecule has 7 heteroatoms. The van der Waals surface area contributed by atoms with Gasteiger partial charge < -0.3 is 19.0 Å². The lowest BCUT2D eigenvalue weighted by Crippen LogP contribution is -2.44. The molecule has 1 saturated heterocycles. The Morgan fingerprint density at radius 3 is 2.59 bits per heavy atom. The van der Waals surface area contributed by atoms with E-state index in [0.717, 1.165) is 31.7 Å². The molecule has 0 aliphatic carbocycles. The molecule has 3 rings (SSSR count). The Balaban J connectivity index is 1.87. The van der Waals surface area contributed by atoms with Crippen molar-refractivity contribution in [3.63, 3.8) is 0 Å². The van der Waals surface area contributed by atoms with Gasteiger partial charge in [-0.3, -0.25) is 0 Å². The van der Waals surface area contributed by atoms with Crippen molar-refractivity contribution < 1.29 is 13.5 Å². The molecule has 1 fully saturated rings. The van der Waals surface area contributed by atoms with E-state index in [1.165, 1.54) is 6.07 Å². The predicted octanol–water partition coefficient (Wildman–Crippen LogP) is 1.94. The van der Waals surface area contributed by atoms with Crippen LogP contribution in [0.15, 0.2) is 16.5 Å². The van der Waals surface area contributed by atoms with Gasteiger partial charge in [-0.2, -0.15) is 0 Å². The maximum atomic E-state index is 14.2. The molecule has 1 aromatic heterocycles. The molecule has 0 bridgehead atoms. The zero-order chi connectivity index (χ0) is 15.7. The van der Waals surface area contributed by atoms with Crippen LogP contribution < -0.4 is 9.64 Å². The van der Waals surface area contributed by atoms with Crippen LogP contribution in [0.1, 0.15) is 5.56 Å². The van der Waals surface area contributed by atoms with Crippen molar-refractivity contribution in [2.45, 2.75) is 6.92 Å². The molecular formula is C15H19FN4O2.